The van der Waals surface area contributed by atoms with Gasteiger partial charge in [0.25, 0.3) is 0 Å². The van der Waals surface area contributed by atoms with E-state index in [0.717, 1.165) is 36.0 Å². The zero-order valence-corrected chi connectivity index (χ0v) is 15.6. The zero-order chi connectivity index (χ0) is 18.3. The molecule has 136 valence electrons. The average molecular weight is 345 g/mol. The van der Waals surface area contributed by atoms with Crippen LogP contribution in [-0.4, -0.2) is 57.3 Å². The fraction of sp³-hybridized carbons (Fsp3) is 0.588. The van der Waals surface area contributed by atoms with E-state index in [9.17, 15) is 4.79 Å². The van der Waals surface area contributed by atoms with Crippen molar-refractivity contribution in [1.29, 1.82) is 0 Å². The van der Waals surface area contributed by atoms with Crippen LogP contribution in [0.3, 0.4) is 0 Å². The molecule has 2 N–H and O–H groups in total. The van der Waals surface area contributed by atoms with Crippen LogP contribution in [0.15, 0.2) is 12.4 Å². The molecular weight excluding hydrogens is 318 g/mol. The second-order valence-corrected chi connectivity index (χ2v) is 7.12. The molecule has 2 atom stereocenters. The average Bonchev–Trinajstić information content (AvgIpc) is 3.20. The summed E-state index contributed by atoms with van der Waals surface area (Å²) in [6, 6.07) is 0. The Hall–Kier alpha value is -2.35. The number of carbonyl (C=O) groups excluding carboxylic acids is 1. The Morgan fingerprint density at radius 1 is 1.32 bits per heavy atom. The van der Waals surface area contributed by atoms with Gasteiger partial charge in [0, 0.05) is 59.4 Å². The number of anilines is 1. The fourth-order valence-corrected chi connectivity index (χ4v) is 3.72. The molecule has 3 heterocycles. The number of rotatable bonds is 5. The summed E-state index contributed by atoms with van der Waals surface area (Å²) in [6.45, 7) is 4.24. The highest BCUT2D eigenvalue weighted by atomic mass is 16.1. The second kappa shape index (κ2) is 6.51. The van der Waals surface area contributed by atoms with Crippen molar-refractivity contribution in [3.05, 3.63) is 29.3 Å². The van der Waals surface area contributed by atoms with Crippen LogP contribution in [0.5, 0.6) is 0 Å². The molecule has 25 heavy (non-hydrogen) atoms. The third-order valence-corrected chi connectivity index (χ3v) is 5.28. The fourth-order valence-electron chi connectivity index (χ4n) is 3.72. The lowest BCUT2D eigenvalue weighted by molar-refractivity contribution is -0.121. The summed E-state index contributed by atoms with van der Waals surface area (Å²) in [6.07, 6.45) is 3.77. The molecule has 8 nitrogen and oxygen atoms in total. The Morgan fingerprint density at radius 3 is 2.56 bits per heavy atom. The molecule has 1 amide bonds. The first-order chi connectivity index (χ1) is 11.8. The van der Waals surface area contributed by atoms with E-state index in [1.807, 2.05) is 57.1 Å². The van der Waals surface area contributed by atoms with Crippen LogP contribution in [0.25, 0.3) is 0 Å². The van der Waals surface area contributed by atoms with Gasteiger partial charge < -0.3 is 15.2 Å². The summed E-state index contributed by atoms with van der Waals surface area (Å²) in [5, 5.41) is 4.33. The van der Waals surface area contributed by atoms with Crippen molar-refractivity contribution < 1.29 is 4.79 Å². The number of carbonyl (C=O) groups is 1. The van der Waals surface area contributed by atoms with Crippen LogP contribution in [0.4, 0.5) is 5.95 Å². The smallest absolute Gasteiger partial charge is 0.222 e. The highest BCUT2D eigenvalue weighted by Gasteiger charge is 2.39. The molecule has 0 aromatic carbocycles. The molecule has 0 spiro atoms. The van der Waals surface area contributed by atoms with Gasteiger partial charge in [0.1, 0.15) is 0 Å². The van der Waals surface area contributed by atoms with Crippen molar-refractivity contribution in [2.75, 3.05) is 32.1 Å². The van der Waals surface area contributed by atoms with Crippen molar-refractivity contribution in [3.8, 4) is 0 Å². The van der Waals surface area contributed by atoms with Crippen LogP contribution < -0.4 is 10.6 Å². The van der Waals surface area contributed by atoms with Crippen LogP contribution in [0, 0.1) is 12.8 Å². The van der Waals surface area contributed by atoms with Crippen molar-refractivity contribution in [2.45, 2.75) is 19.4 Å². The van der Waals surface area contributed by atoms with Crippen LogP contribution in [0.2, 0.25) is 0 Å². The predicted octanol–water partition coefficient (Wildman–Crippen LogP) is 0.229. The van der Waals surface area contributed by atoms with E-state index >= 15 is 0 Å². The van der Waals surface area contributed by atoms with Crippen molar-refractivity contribution in [2.24, 2.45) is 25.7 Å². The van der Waals surface area contributed by atoms with Gasteiger partial charge in [-0.3, -0.25) is 14.4 Å². The zero-order valence-electron chi connectivity index (χ0n) is 15.6. The lowest BCUT2D eigenvalue weighted by atomic mass is 9.89. The molecule has 2 aromatic rings. The first kappa shape index (κ1) is 17.5. The predicted molar refractivity (Wildman–Crippen MR) is 96.2 cm³/mol. The monoisotopic (exact) mass is 345 g/mol. The van der Waals surface area contributed by atoms with Gasteiger partial charge in [-0.1, -0.05) is 0 Å². The van der Waals surface area contributed by atoms with Crippen LogP contribution in [0.1, 0.15) is 22.9 Å². The number of nitrogens with zero attached hydrogens (tertiary/aromatic N) is 6. The largest absolute Gasteiger partial charge is 0.369 e. The number of imidazole rings is 1. The van der Waals surface area contributed by atoms with Crippen molar-refractivity contribution >= 4 is 11.9 Å². The Morgan fingerprint density at radius 2 is 2.04 bits per heavy atom. The summed E-state index contributed by atoms with van der Waals surface area (Å²) in [5.41, 5.74) is 9.03. The topological polar surface area (TPSA) is 85.2 Å². The number of amides is 1. The summed E-state index contributed by atoms with van der Waals surface area (Å²) in [4.78, 5) is 20.7. The number of likely N-dealkylation sites (tertiary alicyclic amines) is 1. The lowest BCUT2D eigenvalue weighted by Gasteiger charge is -2.17. The quantitative estimate of drug-likeness (QED) is 0.838. The minimum Gasteiger partial charge on any atom is -0.369 e. The second-order valence-electron chi connectivity index (χ2n) is 7.12. The summed E-state index contributed by atoms with van der Waals surface area (Å²) in [7, 11) is 7.89. The third-order valence-electron chi connectivity index (χ3n) is 5.28. The van der Waals surface area contributed by atoms with Gasteiger partial charge in [-0.2, -0.15) is 5.10 Å². The van der Waals surface area contributed by atoms with Gasteiger partial charge >= 0.3 is 0 Å². The van der Waals surface area contributed by atoms with E-state index in [2.05, 4.69) is 19.5 Å². The van der Waals surface area contributed by atoms with Gasteiger partial charge in [-0.25, -0.2) is 4.98 Å². The molecular formula is C17H27N7O. The molecule has 0 bridgehead atoms. The van der Waals surface area contributed by atoms with Gasteiger partial charge in [-0.15, -0.1) is 0 Å². The molecule has 1 aliphatic heterocycles. The van der Waals surface area contributed by atoms with E-state index in [0.29, 0.717) is 6.54 Å². The molecule has 1 fully saturated rings. The molecule has 3 rings (SSSR count). The van der Waals surface area contributed by atoms with E-state index in [1.54, 1.807) is 0 Å². The standard InChI is InChI=1S/C17H27N7O/c1-11-13(7-20-23(11)5)14-9-24(10-15(14)16(18)25)8-12-6-19-17(21(2)3)22(12)4/h6-7,14-15H,8-10H2,1-5H3,(H2,18,25)/t14-,15+/m1/s1. The molecule has 8 heteroatoms. The normalized spacial score (nSPS) is 21.0. The number of aryl methyl sites for hydroxylation is 1. The molecule has 0 unspecified atom stereocenters. The minimum atomic E-state index is -0.241. The Bertz CT molecular complexity index is 776. The Balaban J connectivity index is 1.81. The molecule has 1 saturated heterocycles. The van der Waals surface area contributed by atoms with Crippen molar-refractivity contribution in [1.82, 2.24) is 24.2 Å². The number of nitrogens with two attached hydrogens (primary N) is 1. The number of hydrogen-bond donors (Lipinski definition) is 1. The van der Waals surface area contributed by atoms with Crippen LogP contribution >= 0.6 is 0 Å². The van der Waals surface area contributed by atoms with E-state index in [1.165, 1.54) is 0 Å². The first-order valence-corrected chi connectivity index (χ1v) is 8.47. The summed E-state index contributed by atoms with van der Waals surface area (Å²) in [5.74, 6) is 0.576. The van der Waals surface area contributed by atoms with Crippen molar-refractivity contribution in [3.63, 3.8) is 0 Å². The molecule has 0 radical (unpaired) electrons. The SMILES string of the molecule is Cc1c([C@H]2CN(Cc3cnc(N(C)C)n3C)C[C@@H]2C(N)=O)cnn1C. The number of hydrogen-bond acceptors (Lipinski definition) is 5. The van der Waals surface area contributed by atoms with Gasteiger partial charge in [0.15, 0.2) is 0 Å². The summed E-state index contributed by atoms with van der Waals surface area (Å²) < 4.78 is 3.93. The van der Waals surface area contributed by atoms with E-state index < -0.39 is 0 Å². The highest BCUT2D eigenvalue weighted by molar-refractivity contribution is 5.78. The molecule has 0 aliphatic carbocycles. The van der Waals surface area contributed by atoms with Gasteiger partial charge in [-0.05, 0) is 12.5 Å². The minimum absolute atomic E-state index is 0.0905. The maximum absolute atomic E-state index is 12.0. The summed E-state index contributed by atoms with van der Waals surface area (Å²) >= 11 is 0. The lowest BCUT2D eigenvalue weighted by Crippen LogP contribution is -2.29. The van der Waals surface area contributed by atoms with E-state index in [-0.39, 0.29) is 17.7 Å². The molecule has 0 saturated carbocycles. The van der Waals surface area contributed by atoms with Crippen LogP contribution in [-0.2, 0) is 25.4 Å². The Kier molecular flexibility index (Phi) is 4.55. The molecule has 2 aromatic heterocycles. The first-order valence-electron chi connectivity index (χ1n) is 8.47. The number of primary amides is 1. The number of aromatic nitrogens is 4. The Labute approximate surface area is 148 Å². The van der Waals surface area contributed by atoms with Gasteiger partial charge in [0.2, 0.25) is 11.9 Å². The third kappa shape index (κ3) is 3.13. The highest BCUT2D eigenvalue weighted by Crippen LogP contribution is 2.34. The maximum Gasteiger partial charge on any atom is 0.222 e. The molecule has 1 aliphatic rings. The van der Waals surface area contributed by atoms with E-state index in [4.69, 9.17) is 5.73 Å². The maximum atomic E-state index is 12.0. The van der Waals surface area contributed by atoms with Gasteiger partial charge in [0.05, 0.1) is 24.0 Å².